The molecule has 0 aliphatic rings. The fourth-order valence-electron chi connectivity index (χ4n) is 1.42. The molecule has 0 aliphatic carbocycles. The normalized spacial score (nSPS) is 15.2. The van der Waals surface area contributed by atoms with Crippen LogP contribution >= 0.6 is 11.6 Å². The fraction of sp³-hybridized carbons (Fsp3) is 0.455. The van der Waals surface area contributed by atoms with Gasteiger partial charge >= 0.3 is 0 Å². The predicted octanol–water partition coefficient (Wildman–Crippen LogP) is 3.11. The van der Waals surface area contributed by atoms with E-state index in [-0.39, 0.29) is 11.2 Å². The van der Waals surface area contributed by atoms with Crippen LogP contribution in [0.4, 0.5) is 4.39 Å². The van der Waals surface area contributed by atoms with E-state index in [0.29, 0.717) is 17.1 Å². The molecule has 78 valence electrons. The highest BCUT2D eigenvalue weighted by molar-refractivity contribution is 6.30. The van der Waals surface area contributed by atoms with Crippen molar-refractivity contribution in [1.29, 1.82) is 0 Å². The number of nitrogens with two attached hydrogens (primary N) is 1. The molecular formula is C11H15ClFN. The van der Waals surface area contributed by atoms with Gasteiger partial charge in [-0.3, -0.25) is 0 Å². The fourth-order valence-corrected chi connectivity index (χ4v) is 1.58. The van der Waals surface area contributed by atoms with E-state index in [0.717, 1.165) is 6.42 Å². The molecule has 0 spiro atoms. The molecule has 0 amide bonds. The summed E-state index contributed by atoms with van der Waals surface area (Å²) in [7, 11) is 0. The molecule has 0 fully saturated rings. The maximum absolute atomic E-state index is 13.6. The molecule has 3 heteroatoms. The Morgan fingerprint density at radius 2 is 2.14 bits per heavy atom. The molecular weight excluding hydrogens is 201 g/mol. The van der Waals surface area contributed by atoms with E-state index in [1.54, 1.807) is 12.1 Å². The smallest absolute Gasteiger partial charge is 0.128 e. The SMILES string of the molecule is CCC(C)(CN)c1ccc(Cl)cc1F. The van der Waals surface area contributed by atoms with Crippen molar-refractivity contribution in [3.8, 4) is 0 Å². The molecule has 0 bridgehead atoms. The molecule has 1 rings (SSSR count). The van der Waals surface area contributed by atoms with Gasteiger partial charge in [0.2, 0.25) is 0 Å². The first kappa shape index (κ1) is 11.5. The van der Waals surface area contributed by atoms with Crippen LogP contribution in [0.3, 0.4) is 0 Å². The van der Waals surface area contributed by atoms with Gasteiger partial charge in [-0.15, -0.1) is 0 Å². The van der Waals surface area contributed by atoms with E-state index in [4.69, 9.17) is 17.3 Å². The van der Waals surface area contributed by atoms with Crippen molar-refractivity contribution >= 4 is 11.6 Å². The summed E-state index contributed by atoms with van der Waals surface area (Å²) in [4.78, 5) is 0. The summed E-state index contributed by atoms with van der Waals surface area (Å²) < 4.78 is 13.6. The zero-order chi connectivity index (χ0) is 10.8. The first-order valence-corrected chi connectivity index (χ1v) is 5.07. The van der Waals surface area contributed by atoms with Crippen molar-refractivity contribution in [3.05, 3.63) is 34.6 Å². The second kappa shape index (κ2) is 4.28. The molecule has 0 radical (unpaired) electrons. The maximum Gasteiger partial charge on any atom is 0.128 e. The van der Waals surface area contributed by atoms with Gasteiger partial charge in [0.15, 0.2) is 0 Å². The quantitative estimate of drug-likeness (QED) is 0.824. The molecule has 1 unspecified atom stereocenters. The third kappa shape index (κ3) is 2.07. The lowest BCUT2D eigenvalue weighted by Gasteiger charge is -2.27. The maximum atomic E-state index is 13.6. The van der Waals surface area contributed by atoms with Gasteiger partial charge in [-0.1, -0.05) is 31.5 Å². The summed E-state index contributed by atoms with van der Waals surface area (Å²) >= 11 is 5.68. The van der Waals surface area contributed by atoms with Gasteiger partial charge in [0, 0.05) is 17.0 Å². The minimum atomic E-state index is -0.297. The Balaban J connectivity index is 3.17. The van der Waals surface area contributed by atoms with Crippen LogP contribution in [0.1, 0.15) is 25.8 Å². The average molecular weight is 216 g/mol. The van der Waals surface area contributed by atoms with Crippen LogP contribution < -0.4 is 5.73 Å². The van der Waals surface area contributed by atoms with E-state index >= 15 is 0 Å². The van der Waals surface area contributed by atoms with Crippen LogP contribution in [-0.4, -0.2) is 6.54 Å². The van der Waals surface area contributed by atoms with Crippen molar-refractivity contribution in [1.82, 2.24) is 0 Å². The number of benzene rings is 1. The van der Waals surface area contributed by atoms with Crippen molar-refractivity contribution < 1.29 is 4.39 Å². The van der Waals surface area contributed by atoms with Crippen LogP contribution in [0.2, 0.25) is 5.02 Å². The Morgan fingerprint density at radius 1 is 1.50 bits per heavy atom. The van der Waals surface area contributed by atoms with Gasteiger partial charge in [0.05, 0.1) is 0 Å². The van der Waals surface area contributed by atoms with E-state index in [9.17, 15) is 4.39 Å². The van der Waals surface area contributed by atoms with Gasteiger partial charge < -0.3 is 5.73 Å². The molecule has 0 aromatic heterocycles. The molecule has 0 saturated carbocycles. The van der Waals surface area contributed by atoms with Crippen molar-refractivity contribution in [2.75, 3.05) is 6.54 Å². The highest BCUT2D eigenvalue weighted by atomic mass is 35.5. The molecule has 0 heterocycles. The topological polar surface area (TPSA) is 26.0 Å². The zero-order valence-electron chi connectivity index (χ0n) is 8.48. The zero-order valence-corrected chi connectivity index (χ0v) is 9.24. The summed E-state index contributed by atoms with van der Waals surface area (Å²) in [5.41, 5.74) is 6.01. The first-order chi connectivity index (χ1) is 6.53. The highest BCUT2D eigenvalue weighted by Crippen LogP contribution is 2.29. The summed E-state index contributed by atoms with van der Waals surface area (Å²) in [5, 5.41) is 0.418. The van der Waals surface area contributed by atoms with Crippen LogP contribution in [0.5, 0.6) is 0 Å². The Morgan fingerprint density at radius 3 is 2.57 bits per heavy atom. The van der Waals surface area contributed by atoms with Gasteiger partial charge in [0.1, 0.15) is 5.82 Å². The van der Waals surface area contributed by atoms with E-state index in [1.807, 2.05) is 13.8 Å². The molecule has 1 aromatic rings. The lowest BCUT2D eigenvalue weighted by atomic mass is 9.80. The van der Waals surface area contributed by atoms with Crippen molar-refractivity contribution in [3.63, 3.8) is 0 Å². The van der Waals surface area contributed by atoms with E-state index < -0.39 is 0 Å². The molecule has 1 nitrogen and oxygen atoms in total. The summed E-state index contributed by atoms with van der Waals surface area (Å²) in [5.74, 6) is -0.271. The van der Waals surface area contributed by atoms with Crippen LogP contribution in [0.25, 0.3) is 0 Å². The lowest BCUT2D eigenvalue weighted by Crippen LogP contribution is -2.32. The average Bonchev–Trinajstić information content (AvgIpc) is 2.17. The van der Waals surface area contributed by atoms with E-state index in [2.05, 4.69) is 0 Å². The third-order valence-corrected chi connectivity index (χ3v) is 3.05. The van der Waals surface area contributed by atoms with Crippen LogP contribution in [-0.2, 0) is 5.41 Å². The van der Waals surface area contributed by atoms with Crippen molar-refractivity contribution in [2.45, 2.75) is 25.7 Å². The van der Waals surface area contributed by atoms with Gasteiger partial charge in [-0.05, 0) is 24.1 Å². The molecule has 14 heavy (non-hydrogen) atoms. The minimum Gasteiger partial charge on any atom is -0.330 e. The minimum absolute atomic E-state index is 0.271. The number of rotatable bonds is 3. The Labute approximate surface area is 89.1 Å². The van der Waals surface area contributed by atoms with Gasteiger partial charge in [-0.25, -0.2) is 4.39 Å². The molecule has 0 aliphatic heterocycles. The second-order valence-electron chi connectivity index (χ2n) is 3.74. The number of hydrogen-bond donors (Lipinski definition) is 1. The Bertz CT molecular complexity index is 321. The Kier molecular flexibility index (Phi) is 3.51. The summed E-state index contributed by atoms with van der Waals surface area (Å²) in [6, 6.07) is 4.75. The predicted molar refractivity (Wildman–Crippen MR) is 58.1 cm³/mol. The monoisotopic (exact) mass is 215 g/mol. The van der Waals surface area contributed by atoms with Gasteiger partial charge in [0.25, 0.3) is 0 Å². The molecule has 0 saturated heterocycles. The summed E-state index contributed by atoms with van der Waals surface area (Å²) in [6.07, 6.45) is 0.808. The molecule has 2 N–H and O–H groups in total. The first-order valence-electron chi connectivity index (χ1n) is 4.69. The second-order valence-corrected chi connectivity index (χ2v) is 4.18. The van der Waals surface area contributed by atoms with E-state index in [1.165, 1.54) is 6.07 Å². The third-order valence-electron chi connectivity index (χ3n) is 2.81. The Hall–Kier alpha value is -0.600. The lowest BCUT2D eigenvalue weighted by molar-refractivity contribution is 0.439. The molecule has 1 aromatic carbocycles. The highest BCUT2D eigenvalue weighted by Gasteiger charge is 2.25. The number of halogens is 2. The summed E-state index contributed by atoms with van der Waals surface area (Å²) in [6.45, 7) is 4.39. The number of hydrogen-bond acceptors (Lipinski definition) is 1. The molecule has 1 atom stereocenters. The standard InChI is InChI=1S/C11H15ClFN/c1-3-11(2,7-14)9-5-4-8(12)6-10(9)13/h4-6H,3,7,14H2,1-2H3. The largest absolute Gasteiger partial charge is 0.330 e. The van der Waals surface area contributed by atoms with Crippen LogP contribution in [0, 0.1) is 5.82 Å². The van der Waals surface area contributed by atoms with Crippen LogP contribution in [0.15, 0.2) is 18.2 Å². The van der Waals surface area contributed by atoms with Crippen molar-refractivity contribution in [2.24, 2.45) is 5.73 Å². The van der Waals surface area contributed by atoms with Gasteiger partial charge in [-0.2, -0.15) is 0 Å².